The van der Waals surface area contributed by atoms with Gasteiger partial charge in [-0.3, -0.25) is 9.79 Å². The van der Waals surface area contributed by atoms with E-state index in [1.165, 1.54) is 0 Å². The minimum Gasteiger partial charge on any atom is -0.444 e. The molecule has 0 aromatic heterocycles. The third-order valence-corrected chi connectivity index (χ3v) is 4.38. The molecule has 1 aliphatic heterocycles. The minimum atomic E-state index is -0.520. The van der Waals surface area contributed by atoms with Crippen LogP contribution in [-0.2, 0) is 9.53 Å². The molecule has 2 unspecified atom stereocenters. The van der Waals surface area contributed by atoms with Gasteiger partial charge in [0.15, 0.2) is 5.96 Å². The first-order valence-corrected chi connectivity index (χ1v) is 9.88. The number of rotatable bonds is 7. The quantitative estimate of drug-likeness (QED) is 0.459. The van der Waals surface area contributed by atoms with E-state index in [2.05, 4.69) is 27.4 Å². The second-order valence-corrected chi connectivity index (χ2v) is 8.18. The van der Waals surface area contributed by atoms with Crippen LogP contribution in [0.1, 0.15) is 59.8 Å². The summed E-state index contributed by atoms with van der Waals surface area (Å²) in [6.07, 6.45) is 3.81. The molecule has 0 saturated carbocycles. The molecule has 0 spiro atoms. The first kappa shape index (κ1) is 23.0. The van der Waals surface area contributed by atoms with E-state index in [4.69, 9.17) is 10.5 Å². The van der Waals surface area contributed by atoms with E-state index in [1.54, 1.807) is 7.05 Å². The number of likely N-dealkylation sites (tertiary alicyclic amines) is 1. The molecule has 8 nitrogen and oxygen atoms in total. The number of guanidine groups is 1. The number of nitrogens with zero attached hydrogens (tertiary/aromatic N) is 2. The number of nitrogens with one attached hydrogen (secondary N) is 2. The summed E-state index contributed by atoms with van der Waals surface area (Å²) in [5.41, 5.74) is 4.82. The molecule has 1 saturated heterocycles. The van der Waals surface area contributed by atoms with E-state index >= 15 is 0 Å². The fourth-order valence-electron chi connectivity index (χ4n) is 3.30. The Balaban J connectivity index is 2.58. The van der Waals surface area contributed by atoms with Crippen molar-refractivity contribution in [1.29, 1.82) is 0 Å². The van der Waals surface area contributed by atoms with Crippen LogP contribution in [0.25, 0.3) is 0 Å². The van der Waals surface area contributed by atoms with Crippen molar-refractivity contribution in [2.75, 3.05) is 26.7 Å². The van der Waals surface area contributed by atoms with Gasteiger partial charge in [-0.15, -0.1) is 0 Å². The number of carbonyl (C=O) groups excluding carboxylic acids is 2. The fraction of sp³-hybridized carbons (Fsp3) is 0.842. The van der Waals surface area contributed by atoms with Gasteiger partial charge >= 0.3 is 6.09 Å². The van der Waals surface area contributed by atoms with Crippen LogP contribution in [0.4, 0.5) is 4.79 Å². The lowest BCUT2D eigenvalue weighted by Gasteiger charge is -2.35. The molecule has 8 heteroatoms. The van der Waals surface area contributed by atoms with Gasteiger partial charge in [-0.1, -0.05) is 13.3 Å². The number of amides is 2. The number of primary amides is 1. The predicted molar refractivity (Wildman–Crippen MR) is 108 cm³/mol. The summed E-state index contributed by atoms with van der Waals surface area (Å²) in [6.45, 7) is 9.85. The summed E-state index contributed by atoms with van der Waals surface area (Å²) in [7, 11) is 1.75. The van der Waals surface area contributed by atoms with Gasteiger partial charge in [-0.2, -0.15) is 0 Å². The van der Waals surface area contributed by atoms with Crippen molar-refractivity contribution in [2.45, 2.75) is 71.4 Å². The highest BCUT2D eigenvalue weighted by atomic mass is 16.6. The van der Waals surface area contributed by atoms with Gasteiger partial charge < -0.3 is 26.0 Å². The number of carbonyl (C=O) groups is 2. The topological polar surface area (TPSA) is 109 Å². The molecule has 0 radical (unpaired) electrons. The molecule has 0 aromatic carbocycles. The van der Waals surface area contributed by atoms with Crippen molar-refractivity contribution < 1.29 is 14.3 Å². The zero-order valence-electron chi connectivity index (χ0n) is 17.5. The van der Waals surface area contributed by atoms with Crippen LogP contribution >= 0.6 is 0 Å². The molecule has 0 aliphatic carbocycles. The molecule has 1 rings (SSSR count). The van der Waals surface area contributed by atoms with Crippen LogP contribution in [0.5, 0.6) is 0 Å². The highest BCUT2D eigenvalue weighted by Crippen LogP contribution is 2.19. The number of alkyl carbamates (subject to hydrolysis) is 1. The molecule has 156 valence electrons. The average molecular weight is 384 g/mol. The van der Waals surface area contributed by atoms with Gasteiger partial charge in [-0.05, 0) is 46.0 Å². The Kier molecular flexibility index (Phi) is 9.38. The van der Waals surface area contributed by atoms with E-state index in [0.29, 0.717) is 13.0 Å². The van der Waals surface area contributed by atoms with Gasteiger partial charge in [0.25, 0.3) is 0 Å². The third kappa shape index (κ3) is 9.49. The van der Waals surface area contributed by atoms with Gasteiger partial charge in [0.2, 0.25) is 5.91 Å². The maximum Gasteiger partial charge on any atom is 0.407 e. The summed E-state index contributed by atoms with van der Waals surface area (Å²) in [6, 6.07) is -0.0483. The van der Waals surface area contributed by atoms with Crippen molar-refractivity contribution in [2.24, 2.45) is 16.6 Å². The Bertz CT molecular complexity index is 516. The summed E-state index contributed by atoms with van der Waals surface area (Å²) >= 11 is 0. The standard InChI is InChI=1S/C19H37N5O3/c1-6-8-15(23-18(26)27-19(2,3)4)12-22-17(21-5)24-10-7-9-14(13-24)11-16(20)25/h14-15H,6-13H2,1-5H3,(H2,20,25)(H,21,22)(H,23,26). The fourth-order valence-corrected chi connectivity index (χ4v) is 3.30. The second-order valence-electron chi connectivity index (χ2n) is 8.18. The largest absolute Gasteiger partial charge is 0.444 e. The lowest BCUT2D eigenvalue weighted by Crippen LogP contribution is -2.51. The van der Waals surface area contributed by atoms with Crippen molar-refractivity contribution in [3.8, 4) is 0 Å². The van der Waals surface area contributed by atoms with Crippen LogP contribution in [-0.4, -0.2) is 61.2 Å². The molecule has 0 bridgehead atoms. The second kappa shape index (κ2) is 11.0. The molecule has 1 aliphatic rings. The highest BCUT2D eigenvalue weighted by Gasteiger charge is 2.24. The van der Waals surface area contributed by atoms with Crippen molar-refractivity contribution in [3.05, 3.63) is 0 Å². The van der Waals surface area contributed by atoms with E-state index in [1.807, 2.05) is 20.8 Å². The SMILES string of the molecule is CCCC(CNC(=NC)N1CCCC(CC(N)=O)C1)NC(=O)OC(C)(C)C. The van der Waals surface area contributed by atoms with Crippen LogP contribution in [0.2, 0.25) is 0 Å². The lowest BCUT2D eigenvalue weighted by atomic mass is 9.95. The zero-order chi connectivity index (χ0) is 20.4. The molecule has 27 heavy (non-hydrogen) atoms. The van der Waals surface area contributed by atoms with Gasteiger partial charge in [0, 0.05) is 39.1 Å². The lowest BCUT2D eigenvalue weighted by molar-refractivity contribution is -0.119. The third-order valence-electron chi connectivity index (χ3n) is 4.38. The van der Waals surface area contributed by atoms with E-state index in [-0.39, 0.29) is 17.9 Å². The predicted octanol–water partition coefficient (Wildman–Crippen LogP) is 1.84. The van der Waals surface area contributed by atoms with Crippen molar-refractivity contribution in [1.82, 2.24) is 15.5 Å². The molecular weight excluding hydrogens is 346 g/mol. The number of aliphatic imine (C=N–C) groups is 1. The smallest absolute Gasteiger partial charge is 0.407 e. The van der Waals surface area contributed by atoms with Gasteiger partial charge in [-0.25, -0.2) is 4.79 Å². The number of hydrogen-bond acceptors (Lipinski definition) is 4. The molecule has 1 heterocycles. The molecular formula is C19H37N5O3. The molecule has 4 N–H and O–H groups in total. The van der Waals surface area contributed by atoms with E-state index < -0.39 is 11.7 Å². The first-order chi connectivity index (χ1) is 12.6. The van der Waals surface area contributed by atoms with Crippen LogP contribution < -0.4 is 16.4 Å². The number of piperidine rings is 1. The van der Waals surface area contributed by atoms with Gasteiger partial charge in [0.05, 0.1) is 0 Å². The van der Waals surface area contributed by atoms with Gasteiger partial charge in [0.1, 0.15) is 5.60 Å². The summed E-state index contributed by atoms with van der Waals surface area (Å²) in [5, 5.41) is 6.29. The van der Waals surface area contributed by atoms with Crippen molar-refractivity contribution >= 4 is 18.0 Å². The Morgan fingerprint density at radius 2 is 2.07 bits per heavy atom. The maximum absolute atomic E-state index is 12.1. The monoisotopic (exact) mass is 383 g/mol. The highest BCUT2D eigenvalue weighted by molar-refractivity contribution is 5.80. The molecule has 0 aromatic rings. The van der Waals surface area contributed by atoms with Crippen LogP contribution in [0.3, 0.4) is 0 Å². The minimum absolute atomic E-state index is 0.0483. The van der Waals surface area contributed by atoms with E-state index in [9.17, 15) is 9.59 Å². The summed E-state index contributed by atoms with van der Waals surface area (Å²) in [4.78, 5) is 29.8. The average Bonchev–Trinajstić information content (AvgIpc) is 2.53. The Labute approximate surface area is 163 Å². The van der Waals surface area contributed by atoms with E-state index in [0.717, 1.165) is 44.7 Å². The molecule has 1 fully saturated rings. The number of hydrogen-bond donors (Lipinski definition) is 3. The maximum atomic E-state index is 12.1. The summed E-state index contributed by atoms with van der Waals surface area (Å²) < 4.78 is 5.35. The zero-order valence-corrected chi connectivity index (χ0v) is 17.5. The Morgan fingerprint density at radius 1 is 1.37 bits per heavy atom. The number of ether oxygens (including phenoxy) is 1. The van der Waals surface area contributed by atoms with Crippen LogP contribution in [0, 0.1) is 5.92 Å². The van der Waals surface area contributed by atoms with Crippen LogP contribution in [0.15, 0.2) is 4.99 Å². The Morgan fingerprint density at radius 3 is 2.63 bits per heavy atom. The molecule has 2 atom stereocenters. The number of nitrogens with two attached hydrogens (primary N) is 1. The first-order valence-electron chi connectivity index (χ1n) is 9.88. The normalized spacial score (nSPS) is 19.4. The Hall–Kier alpha value is -1.99. The summed E-state index contributed by atoms with van der Waals surface area (Å²) in [5.74, 6) is 0.798. The molecule has 2 amide bonds. The van der Waals surface area contributed by atoms with Crippen molar-refractivity contribution in [3.63, 3.8) is 0 Å².